The zero-order chi connectivity index (χ0) is 35.0. The Morgan fingerprint density at radius 1 is 0.481 bits per heavy atom. The molecule has 6 aromatic carbocycles. The first-order chi connectivity index (χ1) is 25.7. The highest BCUT2D eigenvalue weighted by Gasteiger charge is 2.32. The Morgan fingerprint density at radius 2 is 0.846 bits per heavy atom. The number of aryl methyl sites for hydroxylation is 4. The summed E-state index contributed by atoms with van der Waals surface area (Å²) in [6, 6.07) is 48.5. The van der Waals surface area contributed by atoms with Gasteiger partial charge in [0.15, 0.2) is 11.2 Å². The van der Waals surface area contributed by atoms with E-state index in [0.29, 0.717) is 0 Å². The van der Waals surface area contributed by atoms with Crippen molar-refractivity contribution in [1.82, 2.24) is 0 Å². The van der Waals surface area contributed by atoms with Crippen molar-refractivity contribution in [2.75, 3.05) is 4.67 Å². The maximum atomic E-state index is 7.69. The molecule has 0 spiro atoms. The Bertz CT molecular complexity index is 2220. The molecule has 0 fully saturated rings. The smallest absolute Gasteiger partial charge is 0.310 e. The number of benzene rings is 6. The Labute approximate surface area is 308 Å². The van der Waals surface area contributed by atoms with Gasteiger partial charge in [-0.3, -0.25) is 0 Å². The predicted molar refractivity (Wildman–Crippen MR) is 218 cm³/mol. The molecule has 7 aromatic rings. The standard InChI is InChI=1S/C48H46NO2P/c1-33(35-19-7-3-8-20-35)49(34(2)36-21-9-4-10-22-36)52-50-47-43(37-23-11-5-12-24-37)31-39-27-15-17-29-41(39)45(47)46-42-30-18-16-28-40(42)32-44(48(46)51-52)38-25-13-6-14-26-38/h3-14,19-26,31-34H,15-18,27-30H2,1-2H3/t33-,34-/m1/s1. The lowest BCUT2D eigenvalue weighted by atomic mass is 9.81. The molecule has 0 N–H and O–H groups in total. The lowest BCUT2D eigenvalue weighted by molar-refractivity contribution is 0.558. The Kier molecular flexibility index (Phi) is 9.09. The third kappa shape index (κ3) is 6.01. The average molecular weight is 700 g/mol. The van der Waals surface area contributed by atoms with E-state index in [9.17, 15) is 0 Å². The number of hydrogen-bond acceptors (Lipinski definition) is 3. The zero-order valence-electron chi connectivity index (χ0n) is 30.2. The molecule has 4 heteroatoms. The summed E-state index contributed by atoms with van der Waals surface area (Å²) in [5, 5.41) is 2.57. The summed E-state index contributed by atoms with van der Waals surface area (Å²) in [5.41, 5.74) is 15.0. The maximum Gasteiger partial charge on any atom is 0.310 e. The first-order valence-electron chi connectivity index (χ1n) is 19.2. The van der Waals surface area contributed by atoms with E-state index in [0.717, 1.165) is 36.8 Å². The number of fused-ring (bicyclic) bond motifs is 7. The van der Waals surface area contributed by atoms with E-state index in [-0.39, 0.29) is 12.1 Å². The molecule has 0 saturated heterocycles. The van der Waals surface area contributed by atoms with Crippen LogP contribution < -0.4 is 4.67 Å². The highest BCUT2D eigenvalue weighted by Crippen LogP contribution is 2.51. The highest BCUT2D eigenvalue weighted by atomic mass is 31.1. The molecule has 0 bridgehead atoms. The van der Waals surface area contributed by atoms with Crippen LogP contribution >= 0.6 is 8.16 Å². The predicted octanol–water partition coefficient (Wildman–Crippen LogP) is 13.8. The minimum absolute atomic E-state index is 0.0168. The molecule has 0 amide bonds. The van der Waals surface area contributed by atoms with Crippen LogP contribution in [0, 0.1) is 0 Å². The van der Waals surface area contributed by atoms with Crippen LogP contribution in [0.15, 0.2) is 142 Å². The Balaban J connectivity index is 1.48. The molecule has 0 saturated carbocycles. The van der Waals surface area contributed by atoms with Gasteiger partial charge < -0.3 is 8.39 Å². The molecule has 260 valence electrons. The third-order valence-corrected chi connectivity index (χ3v) is 13.3. The fourth-order valence-corrected chi connectivity index (χ4v) is 10.6. The van der Waals surface area contributed by atoms with Crippen molar-refractivity contribution in [2.45, 2.75) is 77.3 Å². The van der Waals surface area contributed by atoms with Crippen LogP contribution in [0.5, 0.6) is 0 Å². The second-order valence-corrected chi connectivity index (χ2v) is 16.0. The summed E-state index contributed by atoms with van der Waals surface area (Å²) in [5.74, 6) is 0. The van der Waals surface area contributed by atoms with E-state index in [1.165, 1.54) is 92.1 Å². The van der Waals surface area contributed by atoms with Crippen LogP contribution in [0.4, 0.5) is 0 Å². The number of rotatable bonds is 7. The van der Waals surface area contributed by atoms with Gasteiger partial charge in [-0.1, -0.05) is 121 Å². The van der Waals surface area contributed by atoms with Gasteiger partial charge in [0.2, 0.25) is 0 Å². The van der Waals surface area contributed by atoms with Crippen molar-refractivity contribution in [1.29, 1.82) is 0 Å². The molecule has 2 aliphatic carbocycles. The summed E-state index contributed by atoms with van der Waals surface area (Å²) >= 11 is 0. The van der Waals surface area contributed by atoms with Crippen molar-refractivity contribution in [3.63, 3.8) is 0 Å². The van der Waals surface area contributed by atoms with Gasteiger partial charge in [-0.25, -0.2) is 0 Å². The molecule has 3 nitrogen and oxygen atoms in total. The zero-order valence-corrected chi connectivity index (χ0v) is 31.1. The Morgan fingerprint density at radius 3 is 1.25 bits per heavy atom. The highest BCUT2D eigenvalue weighted by molar-refractivity contribution is 7.39. The van der Waals surface area contributed by atoms with Gasteiger partial charge in [0.1, 0.15) is 0 Å². The summed E-state index contributed by atoms with van der Waals surface area (Å²) < 4.78 is 17.9. The van der Waals surface area contributed by atoms with Crippen LogP contribution in [-0.2, 0) is 25.7 Å². The molecule has 0 unspecified atom stereocenters. The first kappa shape index (κ1) is 33.0. The fourth-order valence-electron chi connectivity index (χ4n) is 8.81. The van der Waals surface area contributed by atoms with Crippen LogP contribution in [0.2, 0.25) is 0 Å². The lowest BCUT2D eigenvalue weighted by Crippen LogP contribution is -2.27. The van der Waals surface area contributed by atoms with Gasteiger partial charge in [-0.2, -0.15) is 4.67 Å². The van der Waals surface area contributed by atoms with Crippen LogP contribution in [0.3, 0.4) is 0 Å². The first-order valence-corrected chi connectivity index (χ1v) is 20.3. The third-order valence-electron chi connectivity index (χ3n) is 11.5. The van der Waals surface area contributed by atoms with Crippen LogP contribution in [0.1, 0.15) is 85.0 Å². The maximum absolute atomic E-state index is 7.69. The summed E-state index contributed by atoms with van der Waals surface area (Å²) in [6.07, 6.45) is 9.12. The molecular formula is C48H46NO2P. The molecular weight excluding hydrogens is 654 g/mol. The topological polar surface area (TPSA) is 29.5 Å². The summed E-state index contributed by atoms with van der Waals surface area (Å²) in [6.45, 7) is 4.62. The van der Waals surface area contributed by atoms with Gasteiger partial charge in [0.05, 0.1) is 0 Å². The number of hydrogen-bond donors (Lipinski definition) is 0. The SMILES string of the molecule is C[C@H](c1ccccc1)N([C@H](C)c1ccccc1)p1oc2c(-c3ccccc3)cc3c(c2c2c4c(cc(-c5ccccc5)c2o1)CCCC4)CCCC3. The fraction of sp³-hybridized carbons (Fsp3) is 0.250. The van der Waals surface area contributed by atoms with E-state index < -0.39 is 8.16 Å². The monoisotopic (exact) mass is 699 g/mol. The van der Waals surface area contributed by atoms with E-state index in [4.69, 9.17) is 8.39 Å². The molecule has 2 aliphatic rings. The van der Waals surface area contributed by atoms with Crippen molar-refractivity contribution >= 4 is 30.1 Å². The molecule has 0 aliphatic heterocycles. The van der Waals surface area contributed by atoms with E-state index >= 15 is 0 Å². The quantitative estimate of drug-likeness (QED) is 0.166. The molecule has 1 aromatic heterocycles. The number of nitrogens with zero attached hydrogens (tertiary/aromatic N) is 1. The van der Waals surface area contributed by atoms with E-state index in [1.54, 1.807) is 0 Å². The van der Waals surface area contributed by atoms with Crippen molar-refractivity contribution < 1.29 is 8.39 Å². The normalized spacial score (nSPS) is 15.3. The van der Waals surface area contributed by atoms with Gasteiger partial charge in [0.25, 0.3) is 0 Å². The minimum Gasteiger partial charge on any atom is -0.407 e. The van der Waals surface area contributed by atoms with E-state index in [2.05, 4.69) is 152 Å². The Hall–Kier alpha value is -4.82. The van der Waals surface area contributed by atoms with Gasteiger partial charge >= 0.3 is 8.16 Å². The van der Waals surface area contributed by atoms with Crippen LogP contribution in [0.25, 0.3) is 44.2 Å². The largest absolute Gasteiger partial charge is 0.407 e. The second-order valence-electron chi connectivity index (χ2n) is 14.7. The second kappa shape index (κ2) is 14.3. The van der Waals surface area contributed by atoms with Crippen molar-refractivity contribution in [3.05, 3.63) is 167 Å². The minimum atomic E-state index is -1.67. The van der Waals surface area contributed by atoms with Crippen molar-refractivity contribution in [2.24, 2.45) is 0 Å². The summed E-state index contributed by atoms with van der Waals surface area (Å²) in [7, 11) is -1.67. The molecule has 2 atom stereocenters. The van der Waals surface area contributed by atoms with Gasteiger partial charge in [-0.05, 0) is 122 Å². The molecule has 9 rings (SSSR count). The van der Waals surface area contributed by atoms with Gasteiger partial charge in [0, 0.05) is 34.0 Å². The van der Waals surface area contributed by atoms with Crippen molar-refractivity contribution in [3.8, 4) is 22.3 Å². The van der Waals surface area contributed by atoms with Crippen LogP contribution in [-0.4, -0.2) is 0 Å². The van der Waals surface area contributed by atoms with E-state index in [1.807, 2.05) is 0 Å². The lowest BCUT2D eigenvalue weighted by Gasteiger charge is -2.32. The molecule has 0 radical (unpaired) electrons. The van der Waals surface area contributed by atoms with Gasteiger partial charge in [-0.15, -0.1) is 0 Å². The molecule has 52 heavy (non-hydrogen) atoms. The molecule has 1 heterocycles. The summed E-state index contributed by atoms with van der Waals surface area (Å²) in [4.78, 5) is 0. The average Bonchev–Trinajstić information content (AvgIpc) is 3.39.